The highest BCUT2D eigenvalue weighted by atomic mass is 16.5. The zero-order chi connectivity index (χ0) is 8.48. The van der Waals surface area contributed by atoms with Crippen LogP contribution < -0.4 is 5.32 Å². The molecule has 4 heteroatoms. The van der Waals surface area contributed by atoms with Crippen molar-refractivity contribution >= 4 is 5.91 Å². The third kappa shape index (κ3) is 1.91. The first-order valence-corrected chi connectivity index (χ1v) is 3.59. The van der Waals surface area contributed by atoms with E-state index >= 15 is 0 Å². The molecule has 0 aromatic carbocycles. The van der Waals surface area contributed by atoms with Gasteiger partial charge in [0.1, 0.15) is 5.60 Å². The van der Waals surface area contributed by atoms with E-state index in [1.165, 1.54) is 6.92 Å². The minimum Gasteiger partial charge on any atom is -0.386 e. The van der Waals surface area contributed by atoms with Gasteiger partial charge in [0.2, 0.25) is 5.91 Å². The second-order valence-electron chi connectivity index (χ2n) is 3.13. The van der Waals surface area contributed by atoms with Crippen LogP contribution in [0.1, 0.15) is 13.8 Å². The van der Waals surface area contributed by atoms with Crippen LogP contribution >= 0.6 is 0 Å². The second kappa shape index (κ2) is 2.79. The third-order valence-corrected chi connectivity index (χ3v) is 1.81. The Labute approximate surface area is 65.5 Å². The van der Waals surface area contributed by atoms with E-state index in [1.54, 1.807) is 6.92 Å². The van der Waals surface area contributed by atoms with Crippen molar-refractivity contribution in [1.82, 2.24) is 5.32 Å². The van der Waals surface area contributed by atoms with E-state index in [0.29, 0.717) is 6.61 Å². The lowest BCUT2D eigenvalue weighted by Crippen LogP contribution is -2.49. The number of nitrogens with one attached hydrogen (secondary N) is 1. The predicted molar refractivity (Wildman–Crippen MR) is 39.0 cm³/mol. The summed E-state index contributed by atoms with van der Waals surface area (Å²) in [7, 11) is 0. The molecule has 64 valence electrons. The number of amides is 1. The van der Waals surface area contributed by atoms with Crippen LogP contribution in [0.3, 0.4) is 0 Å². The van der Waals surface area contributed by atoms with Gasteiger partial charge >= 0.3 is 0 Å². The van der Waals surface area contributed by atoms with Crippen LogP contribution in [0, 0.1) is 0 Å². The first kappa shape index (κ1) is 8.49. The van der Waals surface area contributed by atoms with Crippen LogP contribution in [0.4, 0.5) is 0 Å². The number of hydrogen-bond donors (Lipinski definition) is 2. The molecule has 0 aromatic rings. The van der Waals surface area contributed by atoms with Crippen LogP contribution in [0.15, 0.2) is 0 Å². The molecule has 0 aromatic heterocycles. The third-order valence-electron chi connectivity index (χ3n) is 1.81. The molecule has 11 heavy (non-hydrogen) atoms. The Morgan fingerprint density at radius 3 is 2.82 bits per heavy atom. The first-order chi connectivity index (χ1) is 5.02. The van der Waals surface area contributed by atoms with E-state index < -0.39 is 5.60 Å². The summed E-state index contributed by atoms with van der Waals surface area (Å²) in [5.74, 6) is -0.138. The molecule has 0 spiro atoms. The van der Waals surface area contributed by atoms with E-state index in [0.717, 1.165) is 0 Å². The summed E-state index contributed by atoms with van der Waals surface area (Å²) in [6, 6.07) is -0.264. The van der Waals surface area contributed by atoms with Gasteiger partial charge in [0, 0.05) is 6.92 Å². The van der Waals surface area contributed by atoms with Gasteiger partial charge in [-0.1, -0.05) is 0 Å². The van der Waals surface area contributed by atoms with Crippen LogP contribution in [0.25, 0.3) is 0 Å². The maximum atomic E-state index is 10.6. The maximum absolute atomic E-state index is 10.6. The lowest BCUT2D eigenvalue weighted by Gasteiger charge is -2.23. The number of ether oxygens (including phenoxy) is 1. The lowest BCUT2D eigenvalue weighted by atomic mass is 10.0. The van der Waals surface area contributed by atoms with Crippen LogP contribution in [0.2, 0.25) is 0 Å². The number of hydrogen-bond acceptors (Lipinski definition) is 3. The first-order valence-electron chi connectivity index (χ1n) is 3.59. The fourth-order valence-electron chi connectivity index (χ4n) is 1.11. The molecule has 1 heterocycles. The van der Waals surface area contributed by atoms with E-state index in [4.69, 9.17) is 4.74 Å². The maximum Gasteiger partial charge on any atom is 0.217 e. The van der Waals surface area contributed by atoms with E-state index in [9.17, 15) is 9.90 Å². The number of carbonyl (C=O) groups is 1. The van der Waals surface area contributed by atoms with Gasteiger partial charge in [-0.05, 0) is 6.92 Å². The van der Waals surface area contributed by atoms with Gasteiger partial charge in [0.05, 0.1) is 19.3 Å². The van der Waals surface area contributed by atoms with Crippen molar-refractivity contribution in [2.75, 3.05) is 13.2 Å². The Balaban J connectivity index is 2.51. The minimum atomic E-state index is -0.911. The molecule has 1 aliphatic rings. The molecule has 0 aliphatic carbocycles. The van der Waals surface area contributed by atoms with E-state index in [1.807, 2.05) is 0 Å². The number of carbonyl (C=O) groups excluding carboxylic acids is 1. The molecule has 0 bridgehead atoms. The highest BCUT2D eigenvalue weighted by molar-refractivity contribution is 5.73. The minimum absolute atomic E-state index is 0.138. The van der Waals surface area contributed by atoms with Crippen molar-refractivity contribution in [3.63, 3.8) is 0 Å². The standard InChI is InChI=1S/C7H13NO3/c1-5(9)8-6-3-11-4-7(6,2)10/h6,10H,3-4H2,1-2H3,(H,8,9). The zero-order valence-corrected chi connectivity index (χ0v) is 6.76. The highest BCUT2D eigenvalue weighted by Gasteiger charge is 2.38. The predicted octanol–water partition coefficient (Wildman–Crippen LogP) is -0.728. The van der Waals surface area contributed by atoms with Crippen molar-refractivity contribution in [2.24, 2.45) is 0 Å². The molecular weight excluding hydrogens is 146 g/mol. The van der Waals surface area contributed by atoms with Crippen LogP contribution in [-0.4, -0.2) is 35.9 Å². The van der Waals surface area contributed by atoms with Crippen molar-refractivity contribution in [1.29, 1.82) is 0 Å². The second-order valence-corrected chi connectivity index (χ2v) is 3.13. The molecule has 4 nitrogen and oxygen atoms in total. The molecule has 2 atom stereocenters. The molecule has 2 N–H and O–H groups in total. The van der Waals surface area contributed by atoms with E-state index in [2.05, 4.69) is 5.32 Å². The Morgan fingerprint density at radius 1 is 1.82 bits per heavy atom. The molecule has 1 fully saturated rings. The lowest BCUT2D eigenvalue weighted by molar-refractivity contribution is -0.121. The Morgan fingerprint density at radius 2 is 2.45 bits per heavy atom. The fourth-order valence-corrected chi connectivity index (χ4v) is 1.11. The number of aliphatic hydroxyl groups is 1. The summed E-state index contributed by atoms with van der Waals surface area (Å²) >= 11 is 0. The van der Waals surface area contributed by atoms with Crippen molar-refractivity contribution in [3.8, 4) is 0 Å². The van der Waals surface area contributed by atoms with Gasteiger partial charge in [-0.15, -0.1) is 0 Å². The van der Waals surface area contributed by atoms with Gasteiger partial charge < -0.3 is 15.2 Å². The average molecular weight is 159 g/mol. The molecule has 1 aliphatic heterocycles. The summed E-state index contributed by atoms with van der Waals surface area (Å²) in [6.07, 6.45) is 0. The van der Waals surface area contributed by atoms with Crippen LogP contribution in [-0.2, 0) is 9.53 Å². The Bertz CT molecular complexity index is 167. The van der Waals surface area contributed by atoms with Gasteiger partial charge in [0.15, 0.2) is 0 Å². The largest absolute Gasteiger partial charge is 0.386 e. The smallest absolute Gasteiger partial charge is 0.217 e. The van der Waals surface area contributed by atoms with Crippen LogP contribution in [0.5, 0.6) is 0 Å². The van der Waals surface area contributed by atoms with Gasteiger partial charge in [-0.2, -0.15) is 0 Å². The summed E-state index contributed by atoms with van der Waals surface area (Å²) in [5, 5.41) is 12.2. The molecule has 1 rings (SSSR count). The Kier molecular flexibility index (Phi) is 2.15. The zero-order valence-electron chi connectivity index (χ0n) is 6.76. The van der Waals surface area contributed by atoms with Crippen molar-refractivity contribution in [3.05, 3.63) is 0 Å². The molecule has 1 saturated heterocycles. The molecule has 0 radical (unpaired) electrons. The quantitative estimate of drug-likeness (QED) is 0.530. The summed E-state index contributed by atoms with van der Waals surface area (Å²) in [5.41, 5.74) is -0.911. The van der Waals surface area contributed by atoms with E-state index in [-0.39, 0.29) is 18.6 Å². The molecular formula is C7H13NO3. The summed E-state index contributed by atoms with van der Waals surface area (Å²) in [4.78, 5) is 10.6. The molecule has 2 unspecified atom stereocenters. The Hall–Kier alpha value is -0.610. The fraction of sp³-hybridized carbons (Fsp3) is 0.857. The van der Waals surface area contributed by atoms with Crippen molar-refractivity contribution < 1.29 is 14.6 Å². The van der Waals surface area contributed by atoms with Gasteiger partial charge in [0.25, 0.3) is 0 Å². The van der Waals surface area contributed by atoms with Crippen molar-refractivity contribution in [2.45, 2.75) is 25.5 Å². The topological polar surface area (TPSA) is 58.6 Å². The summed E-state index contributed by atoms with van der Waals surface area (Å²) < 4.78 is 5.01. The number of rotatable bonds is 1. The molecule has 0 saturated carbocycles. The highest BCUT2D eigenvalue weighted by Crippen LogP contribution is 2.17. The average Bonchev–Trinajstić information content (AvgIpc) is 2.10. The molecule has 1 amide bonds. The van der Waals surface area contributed by atoms with Gasteiger partial charge in [-0.25, -0.2) is 0 Å². The normalized spacial score (nSPS) is 37.2. The van der Waals surface area contributed by atoms with Gasteiger partial charge in [-0.3, -0.25) is 4.79 Å². The monoisotopic (exact) mass is 159 g/mol. The SMILES string of the molecule is CC(=O)NC1COCC1(C)O. The summed E-state index contributed by atoms with van der Waals surface area (Å²) in [6.45, 7) is 3.76.